The number of aliphatic hydroxyl groups is 1. The molecule has 85 heavy (non-hydrogen) atoms. The first-order valence-electron chi connectivity index (χ1n) is 29.4. The predicted molar refractivity (Wildman–Crippen MR) is 327 cm³/mol. The van der Waals surface area contributed by atoms with Crippen LogP contribution in [-0.2, 0) is 98.0 Å². The third-order valence-electron chi connectivity index (χ3n) is 16.0. The quantitative estimate of drug-likeness (QED) is 0.0465. The van der Waals surface area contributed by atoms with Gasteiger partial charge in [0.05, 0.1) is 58.9 Å². The smallest absolute Gasteiger partial charge is 0.410 e. The van der Waals surface area contributed by atoms with Gasteiger partial charge in [-0.15, -0.1) is 0 Å². The van der Waals surface area contributed by atoms with Crippen LogP contribution in [0.5, 0.6) is 0 Å². The highest BCUT2D eigenvalue weighted by Gasteiger charge is 2.56. The van der Waals surface area contributed by atoms with Gasteiger partial charge in [-0.05, 0) is 57.1 Å². The number of likely N-dealkylation sites (N-methyl/N-ethyl adjacent to an activating group) is 1. The molecule has 0 saturated carbocycles. The van der Waals surface area contributed by atoms with Crippen LogP contribution in [0.1, 0.15) is 59.7 Å². The van der Waals surface area contributed by atoms with Gasteiger partial charge in [0.1, 0.15) is 55.4 Å². The molecule has 2 heterocycles. The standard InChI is InChI=1S/C70H83NO13Si/c1-70(2,3)85(5,6)81-50-59-62(75-43-52-30-16-8-17-31-52)63(76-44-53-32-18-9-19-33-53)60(72)67(82-59)84-66-65(78-46-55-36-22-11-23-37-55)64(77-45-54-34-20-10-21-35-54)61(83-68(66)79-47-56-38-24-12-25-39-56)58(49-74-42-51-28-14-7-15-29-51)71(4)69(73)80-48-57-40-26-13-27-41-57/h7-41,58-68,72H,42-50H2,1-6H3/t58-,59+,60-,61+,62+,63+,64+,65-,66+,67+,68-/m0/s1. The number of hydrogen-bond donors (Lipinski definition) is 1. The number of nitrogens with zero attached hydrogens (tertiary/aromatic N) is 1. The van der Waals surface area contributed by atoms with E-state index in [9.17, 15) is 9.90 Å². The number of ether oxygens (including phenoxy) is 10. The summed E-state index contributed by atoms with van der Waals surface area (Å²) in [6.07, 6.45) is -11.7. The molecule has 15 heteroatoms. The first kappa shape index (κ1) is 63.1. The Morgan fingerprint density at radius 1 is 0.482 bits per heavy atom. The summed E-state index contributed by atoms with van der Waals surface area (Å²) in [7, 11) is -0.751. The van der Waals surface area contributed by atoms with Crippen LogP contribution in [0.4, 0.5) is 4.79 Å². The van der Waals surface area contributed by atoms with E-state index in [0.29, 0.717) is 0 Å². The van der Waals surface area contributed by atoms with E-state index in [1.807, 2.05) is 212 Å². The molecule has 0 radical (unpaired) electrons. The molecule has 0 aromatic heterocycles. The number of hydrogen-bond acceptors (Lipinski definition) is 13. The van der Waals surface area contributed by atoms with E-state index in [-0.39, 0.29) is 64.5 Å². The molecule has 7 aromatic rings. The van der Waals surface area contributed by atoms with Gasteiger partial charge in [-0.2, -0.15) is 0 Å². The third kappa shape index (κ3) is 18.1. The summed E-state index contributed by atoms with van der Waals surface area (Å²) in [4.78, 5) is 16.1. The number of amides is 1. The van der Waals surface area contributed by atoms with Gasteiger partial charge >= 0.3 is 6.09 Å². The summed E-state index contributed by atoms with van der Waals surface area (Å²) >= 11 is 0. The van der Waals surface area contributed by atoms with Crippen LogP contribution in [0.15, 0.2) is 212 Å². The number of rotatable bonds is 28. The molecule has 0 unspecified atom stereocenters. The largest absolute Gasteiger partial charge is 0.445 e. The van der Waals surface area contributed by atoms with Crippen molar-refractivity contribution in [2.24, 2.45) is 0 Å². The van der Waals surface area contributed by atoms with Gasteiger partial charge in [-0.3, -0.25) is 0 Å². The van der Waals surface area contributed by atoms with Crippen molar-refractivity contribution in [3.05, 3.63) is 251 Å². The second-order valence-electron chi connectivity index (χ2n) is 23.2. The number of carbonyl (C=O) groups excluding carboxylic acids is 1. The molecule has 2 saturated heterocycles. The number of carbonyl (C=O) groups is 1. The summed E-state index contributed by atoms with van der Waals surface area (Å²) in [5, 5.41) is 12.9. The minimum absolute atomic E-state index is 0.0187. The zero-order chi connectivity index (χ0) is 59.4. The van der Waals surface area contributed by atoms with Crippen LogP contribution in [0.25, 0.3) is 0 Å². The zero-order valence-corrected chi connectivity index (χ0v) is 50.7. The first-order valence-corrected chi connectivity index (χ1v) is 32.3. The summed E-state index contributed by atoms with van der Waals surface area (Å²) in [6, 6.07) is 67.6. The predicted octanol–water partition coefficient (Wildman–Crippen LogP) is 12.6. The summed E-state index contributed by atoms with van der Waals surface area (Å²) in [5.74, 6) is 0. The molecule has 0 spiro atoms. The average molecular weight is 1170 g/mol. The Labute approximate surface area is 502 Å². The molecule has 9 rings (SSSR count). The lowest BCUT2D eigenvalue weighted by atomic mass is 9.92. The summed E-state index contributed by atoms with van der Waals surface area (Å²) < 4.78 is 76.6. The first-order chi connectivity index (χ1) is 41.3. The molecule has 0 aliphatic carbocycles. The van der Waals surface area contributed by atoms with E-state index in [1.54, 1.807) is 7.05 Å². The maximum absolute atomic E-state index is 14.6. The average Bonchev–Trinajstić information content (AvgIpc) is 3.41. The molecule has 2 fully saturated rings. The highest BCUT2D eigenvalue weighted by Crippen LogP contribution is 2.40. The van der Waals surface area contributed by atoms with Crippen molar-refractivity contribution in [3.8, 4) is 0 Å². The van der Waals surface area contributed by atoms with Gasteiger partial charge < -0.3 is 61.8 Å². The van der Waals surface area contributed by atoms with E-state index in [1.165, 1.54) is 4.90 Å². The highest BCUT2D eigenvalue weighted by molar-refractivity contribution is 6.74. The van der Waals surface area contributed by atoms with Crippen molar-refractivity contribution in [1.82, 2.24) is 4.90 Å². The van der Waals surface area contributed by atoms with Crippen LogP contribution in [0.3, 0.4) is 0 Å². The van der Waals surface area contributed by atoms with Gasteiger partial charge in [-0.25, -0.2) is 4.79 Å². The van der Waals surface area contributed by atoms with Gasteiger partial charge in [0.15, 0.2) is 20.9 Å². The van der Waals surface area contributed by atoms with Crippen molar-refractivity contribution in [1.29, 1.82) is 0 Å². The lowest BCUT2D eigenvalue weighted by Gasteiger charge is -2.51. The van der Waals surface area contributed by atoms with E-state index in [4.69, 9.17) is 51.8 Å². The minimum atomic E-state index is -2.43. The van der Waals surface area contributed by atoms with E-state index < -0.39 is 81.9 Å². The fraction of sp³-hybridized carbons (Fsp3) is 0.386. The Morgan fingerprint density at radius 2 is 0.859 bits per heavy atom. The Hall–Kier alpha value is -6.41. The number of benzene rings is 7. The molecule has 11 atom stereocenters. The maximum atomic E-state index is 14.6. The normalized spacial score (nSPS) is 23.0. The molecule has 2 aliphatic rings. The molecular formula is C70H83NO13Si. The second kappa shape index (κ2) is 31.3. The van der Waals surface area contributed by atoms with Crippen molar-refractivity contribution in [2.45, 2.75) is 153 Å². The fourth-order valence-electron chi connectivity index (χ4n) is 10.1. The van der Waals surface area contributed by atoms with E-state index >= 15 is 0 Å². The van der Waals surface area contributed by atoms with Gasteiger partial charge in [-0.1, -0.05) is 233 Å². The summed E-state index contributed by atoms with van der Waals surface area (Å²) in [5.41, 5.74) is 6.22. The molecule has 1 N–H and O–H groups in total. The molecule has 0 bridgehead atoms. The molecular weight excluding hydrogens is 1090 g/mol. The summed E-state index contributed by atoms with van der Waals surface area (Å²) in [6.45, 7) is 12.0. The van der Waals surface area contributed by atoms with Crippen molar-refractivity contribution >= 4 is 14.4 Å². The monoisotopic (exact) mass is 1170 g/mol. The molecule has 14 nitrogen and oxygen atoms in total. The topological polar surface area (TPSA) is 142 Å². The van der Waals surface area contributed by atoms with Crippen molar-refractivity contribution < 1.29 is 61.7 Å². The lowest BCUT2D eigenvalue weighted by Crippen LogP contribution is -2.68. The Balaban J connectivity index is 1.14. The van der Waals surface area contributed by atoms with E-state index in [2.05, 4.69) is 33.9 Å². The molecule has 1 amide bonds. The van der Waals surface area contributed by atoms with Crippen LogP contribution in [-0.4, -0.2) is 112 Å². The van der Waals surface area contributed by atoms with Crippen LogP contribution in [0, 0.1) is 0 Å². The fourth-order valence-corrected chi connectivity index (χ4v) is 11.1. The lowest BCUT2D eigenvalue weighted by molar-refractivity contribution is -0.381. The second-order valence-corrected chi connectivity index (χ2v) is 28.0. The van der Waals surface area contributed by atoms with Gasteiger partial charge in [0.2, 0.25) is 0 Å². The third-order valence-corrected chi connectivity index (χ3v) is 20.5. The molecule has 450 valence electrons. The Kier molecular flexibility index (Phi) is 23.2. The van der Waals surface area contributed by atoms with Gasteiger partial charge in [0, 0.05) is 7.05 Å². The zero-order valence-electron chi connectivity index (χ0n) is 49.7. The molecule has 7 aromatic carbocycles. The Morgan fingerprint density at radius 3 is 1.29 bits per heavy atom. The van der Waals surface area contributed by atoms with Gasteiger partial charge in [0.25, 0.3) is 0 Å². The maximum Gasteiger partial charge on any atom is 0.410 e. The van der Waals surface area contributed by atoms with Crippen molar-refractivity contribution in [2.75, 3.05) is 20.3 Å². The van der Waals surface area contributed by atoms with Crippen LogP contribution >= 0.6 is 0 Å². The number of aliphatic hydroxyl groups excluding tert-OH is 1. The van der Waals surface area contributed by atoms with Crippen molar-refractivity contribution in [3.63, 3.8) is 0 Å². The minimum Gasteiger partial charge on any atom is -0.445 e. The Bertz CT molecular complexity index is 3000. The highest BCUT2D eigenvalue weighted by atomic mass is 28.4. The van der Waals surface area contributed by atoms with Crippen LogP contribution in [0.2, 0.25) is 18.1 Å². The SMILES string of the molecule is CN(C(=O)OCc1ccccc1)[C@@H](COCc1ccccc1)[C@H]1O[C@H](OCc2ccccc2)[C@H](O[C@H]2O[C@H](CO[Si](C)(C)C(C)(C)C)[C@@H](OCc3ccccc3)[C@H](OCc3ccccc3)[C@@H]2O)[C@@H](OCc2ccccc2)[C@@H]1OCc1ccccc1. The van der Waals surface area contributed by atoms with E-state index in [0.717, 1.165) is 38.9 Å². The van der Waals surface area contributed by atoms with Crippen LogP contribution < -0.4 is 0 Å². The molecule has 2 aliphatic heterocycles.